The zero-order valence-corrected chi connectivity index (χ0v) is 11.6. The van der Waals surface area contributed by atoms with Crippen LogP contribution in [0.4, 0.5) is 5.69 Å². The molecule has 0 saturated heterocycles. The number of halogens is 1. The monoisotopic (exact) mass is 271 g/mol. The van der Waals surface area contributed by atoms with Crippen molar-refractivity contribution in [1.29, 1.82) is 0 Å². The van der Waals surface area contributed by atoms with Crippen LogP contribution in [0.2, 0.25) is 5.02 Å². The molecule has 0 radical (unpaired) electrons. The van der Waals surface area contributed by atoms with Crippen LogP contribution >= 0.6 is 11.6 Å². The van der Waals surface area contributed by atoms with E-state index in [9.17, 15) is 4.79 Å². The fraction of sp³-hybridized carbons (Fsp3) is 0.462. The van der Waals surface area contributed by atoms with Gasteiger partial charge in [-0.3, -0.25) is 4.79 Å². The van der Waals surface area contributed by atoms with E-state index in [0.29, 0.717) is 17.3 Å². The van der Waals surface area contributed by atoms with Crippen LogP contribution in [-0.2, 0) is 14.3 Å². The number of ether oxygens (including phenoxy) is 2. The molecule has 4 nitrogen and oxygen atoms in total. The molecule has 1 atom stereocenters. The van der Waals surface area contributed by atoms with E-state index >= 15 is 0 Å². The molecule has 1 amide bonds. The van der Waals surface area contributed by atoms with Gasteiger partial charge in [-0.15, -0.1) is 0 Å². The summed E-state index contributed by atoms with van der Waals surface area (Å²) >= 11 is 6.03. The molecule has 0 aliphatic heterocycles. The molecular weight excluding hydrogens is 254 g/mol. The molecule has 1 rings (SSSR count). The zero-order chi connectivity index (χ0) is 13.5. The van der Waals surface area contributed by atoms with Crippen molar-refractivity contribution in [3.8, 4) is 0 Å². The number of rotatable bonds is 6. The van der Waals surface area contributed by atoms with E-state index in [1.807, 2.05) is 26.0 Å². The highest BCUT2D eigenvalue weighted by molar-refractivity contribution is 6.33. The van der Waals surface area contributed by atoms with Gasteiger partial charge in [0.05, 0.1) is 17.1 Å². The van der Waals surface area contributed by atoms with Crippen molar-refractivity contribution in [3.63, 3.8) is 0 Å². The summed E-state index contributed by atoms with van der Waals surface area (Å²) in [7, 11) is 1.51. The van der Waals surface area contributed by atoms with Gasteiger partial charge in [-0.2, -0.15) is 0 Å². The van der Waals surface area contributed by atoms with E-state index in [0.717, 1.165) is 5.56 Å². The molecular formula is C13H18ClNO3. The largest absolute Gasteiger partial charge is 0.355 e. The number of carbonyl (C=O) groups excluding carboxylic acids is 1. The third-order valence-corrected chi connectivity index (χ3v) is 2.77. The van der Waals surface area contributed by atoms with Crippen LogP contribution in [0.3, 0.4) is 0 Å². The molecule has 5 heteroatoms. The number of carbonyl (C=O) groups is 1. The van der Waals surface area contributed by atoms with Crippen molar-refractivity contribution < 1.29 is 14.3 Å². The van der Waals surface area contributed by atoms with E-state index < -0.39 is 6.29 Å². The molecule has 1 aromatic carbocycles. The molecule has 18 heavy (non-hydrogen) atoms. The lowest BCUT2D eigenvalue weighted by Gasteiger charge is -2.16. The highest BCUT2D eigenvalue weighted by Crippen LogP contribution is 2.25. The minimum atomic E-state index is -0.530. The number of para-hydroxylation sites is 1. The van der Waals surface area contributed by atoms with Gasteiger partial charge in [0.15, 0.2) is 6.29 Å². The minimum absolute atomic E-state index is 0.134. The Labute approximate surface area is 112 Å². The van der Waals surface area contributed by atoms with Gasteiger partial charge in [-0.05, 0) is 25.5 Å². The molecule has 0 aliphatic carbocycles. The topological polar surface area (TPSA) is 47.6 Å². The summed E-state index contributed by atoms with van der Waals surface area (Å²) < 4.78 is 10.3. The molecule has 0 spiro atoms. The first-order valence-corrected chi connectivity index (χ1v) is 6.15. The van der Waals surface area contributed by atoms with Crippen molar-refractivity contribution in [2.75, 3.05) is 19.0 Å². The fourth-order valence-electron chi connectivity index (χ4n) is 1.53. The third-order valence-electron chi connectivity index (χ3n) is 2.45. The van der Waals surface area contributed by atoms with Crippen LogP contribution < -0.4 is 5.32 Å². The normalized spacial score (nSPS) is 12.2. The number of benzene rings is 1. The summed E-state index contributed by atoms with van der Waals surface area (Å²) in [5, 5.41) is 3.29. The van der Waals surface area contributed by atoms with Crippen LogP contribution in [0.15, 0.2) is 18.2 Å². The predicted molar refractivity (Wildman–Crippen MR) is 71.9 cm³/mol. The Bertz CT molecular complexity index is 389. The van der Waals surface area contributed by atoms with Gasteiger partial charge in [-0.25, -0.2) is 0 Å². The number of amides is 1. The number of hydrogen-bond acceptors (Lipinski definition) is 3. The molecule has 0 aromatic heterocycles. The molecule has 0 aliphatic rings. The SMILES string of the molecule is CCOC(CC(=O)Nc1c(C)cccc1Cl)OC. The molecule has 100 valence electrons. The number of hydrogen-bond donors (Lipinski definition) is 1. The van der Waals surface area contributed by atoms with Gasteiger partial charge in [0.25, 0.3) is 0 Å². The van der Waals surface area contributed by atoms with Gasteiger partial charge < -0.3 is 14.8 Å². The maximum atomic E-state index is 11.8. The number of methoxy groups -OCH3 is 1. The van der Waals surface area contributed by atoms with Crippen LogP contribution in [0.1, 0.15) is 18.9 Å². The van der Waals surface area contributed by atoms with Gasteiger partial charge >= 0.3 is 0 Å². The van der Waals surface area contributed by atoms with E-state index in [1.54, 1.807) is 6.07 Å². The Morgan fingerprint density at radius 1 is 1.50 bits per heavy atom. The highest BCUT2D eigenvalue weighted by atomic mass is 35.5. The first-order chi connectivity index (χ1) is 8.58. The first-order valence-electron chi connectivity index (χ1n) is 5.77. The second-order valence-electron chi connectivity index (χ2n) is 3.80. The molecule has 0 heterocycles. The Morgan fingerprint density at radius 3 is 2.78 bits per heavy atom. The third kappa shape index (κ3) is 4.29. The Kier molecular flexibility index (Phi) is 6.12. The summed E-state index contributed by atoms with van der Waals surface area (Å²) in [4.78, 5) is 11.8. The summed E-state index contributed by atoms with van der Waals surface area (Å²) in [6, 6.07) is 5.46. The average molecular weight is 272 g/mol. The number of anilines is 1. The number of aryl methyl sites for hydroxylation is 1. The molecule has 0 bridgehead atoms. The Hall–Kier alpha value is -1.10. The van der Waals surface area contributed by atoms with E-state index in [1.165, 1.54) is 7.11 Å². The summed E-state index contributed by atoms with van der Waals surface area (Å²) in [6.45, 7) is 4.23. The lowest BCUT2D eigenvalue weighted by atomic mass is 10.2. The Morgan fingerprint density at radius 2 is 2.22 bits per heavy atom. The van der Waals surface area contributed by atoms with Gasteiger partial charge in [-0.1, -0.05) is 23.7 Å². The maximum Gasteiger partial charge on any atom is 0.229 e. The fourth-order valence-corrected chi connectivity index (χ4v) is 1.80. The Balaban J connectivity index is 2.64. The summed E-state index contributed by atoms with van der Waals surface area (Å²) in [5.74, 6) is -0.188. The average Bonchev–Trinajstić information content (AvgIpc) is 2.33. The van der Waals surface area contributed by atoms with Gasteiger partial charge in [0, 0.05) is 13.7 Å². The predicted octanol–water partition coefficient (Wildman–Crippen LogP) is 2.99. The van der Waals surface area contributed by atoms with Gasteiger partial charge in [0.1, 0.15) is 0 Å². The van der Waals surface area contributed by atoms with E-state index in [-0.39, 0.29) is 12.3 Å². The van der Waals surface area contributed by atoms with Crippen molar-refractivity contribution in [1.82, 2.24) is 0 Å². The standard InChI is InChI=1S/C13H18ClNO3/c1-4-18-12(17-3)8-11(16)15-13-9(2)6-5-7-10(13)14/h5-7,12H,4,8H2,1-3H3,(H,15,16). The maximum absolute atomic E-state index is 11.8. The number of nitrogens with one attached hydrogen (secondary N) is 1. The second kappa shape index (κ2) is 7.36. The van der Waals surface area contributed by atoms with Crippen LogP contribution in [0.5, 0.6) is 0 Å². The first kappa shape index (κ1) is 15.0. The summed E-state index contributed by atoms with van der Waals surface area (Å²) in [6.07, 6.45) is -0.396. The molecule has 1 N–H and O–H groups in total. The van der Waals surface area contributed by atoms with E-state index in [4.69, 9.17) is 21.1 Å². The lowest BCUT2D eigenvalue weighted by molar-refractivity contribution is -0.141. The van der Waals surface area contributed by atoms with Crippen LogP contribution in [0.25, 0.3) is 0 Å². The molecule has 1 aromatic rings. The smallest absolute Gasteiger partial charge is 0.229 e. The van der Waals surface area contributed by atoms with Crippen LogP contribution in [0, 0.1) is 6.92 Å². The molecule has 0 fully saturated rings. The molecule has 1 unspecified atom stereocenters. The summed E-state index contributed by atoms with van der Waals surface area (Å²) in [5.41, 5.74) is 1.55. The van der Waals surface area contributed by atoms with Crippen LogP contribution in [-0.4, -0.2) is 25.9 Å². The second-order valence-corrected chi connectivity index (χ2v) is 4.21. The van der Waals surface area contributed by atoms with Crippen molar-refractivity contribution in [2.45, 2.75) is 26.6 Å². The van der Waals surface area contributed by atoms with E-state index in [2.05, 4.69) is 5.32 Å². The highest BCUT2D eigenvalue weighted by Gasteiger charge is 2.14. The lowest BCUT2D eigenvalue weighted by Crippen LogP contribution is -2.24. The van der Waals surface area contributed by atoms with Crippen molar-refractivity contribution >= 4 is 23.2 Å². The van der Waals surface area contributed by atoms with Crippen molar-refractivity contribution in [3.05, 3.63) is 28.8 Å². The minimum Gasteiger partial charge on any atom is -0.355 e. The zero-order valence-electron chi connectivity index (χ0n) is 10.8. The van der Waals surface area contributed by atoms with Gasteiger partial charge in [0.2, 0.25) is 5.91 Å². The molecule has 0 saturated carbocycles. The quantitative estimate of drug-likeness (QED) is 0.809. The van der Waals surface area contributed by atoms with Crippen molar-refractivity contribution in [2.24, 2.45) is 0 Å².